The first kappa shape index (κ1) is 10.2. The summed E-state index contributed by atoms with van der Waals surface area (Å²) >= 11 is 0. The summed E-state index contributed by atoms with van der Waals surface area (Å²) in [6.45, 7) is 0. The third-order valence-corrected chi connectivity index (χ3v) is 2.19. The molecule has 2 rings (SSSR count). The second-order valence-corrected chi connectivity index (χ2v) is 3.37. The molecule has 7 N–H and O–H groups in total. The zero-order chi connectivity index (χ0) is 11.9. The molecule has 0 aliphatic heterocycles. The Hall–Kier alpha value is -2.28. The van der Waals surface area contributed by atoms with E-state index in [1.54, 1.807) is 6.07 Å². The Kier molecular flexibility index (Phi) is 2.17. The Balaban J connectivity index is 2.71. The number of imidazole rings is 1. The summed E-state index contributed by atoms with van der Waals surface area (Å²) in [6, 6.07) is 2.93. The van der Waals surface area contributed by atoms with Crippen molar-refractivity contribution < 1.29 is 15.0 Å². The average Bonchev–Trinajstić information content (AvgIpc) is 2.55. The quantitative estimate of drug-likeness (QED) is 0.448. The Morgan fingerprint density at radius 2 is 2.12 bits per heavy atom. The van der Waals surface area contributed by atoms with Crippen LogP contribution in [0, 0.1) is 0 Å². The van der Waals surface area contributed by atoms with Crippen LogP contribution < -0.4 is 11.5 Å². The smallest absolute Gasteiger partial charge is 0.337 e. The number of aliphatic hydroxyl groups is 1. The monoisotopic (exact) mass is 222 g/mol. The van der Waals surface area contributed by atoms with Crippen molar-refractivity contribution in [1.29, 1.82) is 0 Å². The predicted octanol–water partition coefficient (Wildman–Crippen LogP) is -0.155. The number of aromatic nitrogens is 2. The van der Waals surface area contributed by atoms with E-state index in [9.17, 15) is 9.90 Å². The lowest BCUT2D eigenvalue weighted by molar-refractivity contribution is -0.146. The summed E-state index contributed by atoms with van der Waals surface area (Å²) in [5.41, 5.74) is 12.3. The molecule has 0 fully saturated rings. The fourth-order valence-electron chi connectivity index (χ4n) is 1.53. The Labute approximate surface area is 89.7 Å². The molecule has 0 spiro atoms. The van der Waals surface area contributed by atoms with Crippen LogP contribution in [0.3, 0.4) is 0 Å². The Bertz CT molecular complexity index is 563. The third kappa shape index (κ3) is 1.52. The van der Waals surface area contributed by atoms with Gasteiger partial charge in [-0.1, -0.05) is 0 Å². The van der Waals surface area contributed by atoms with Crippen molar-refractivity contribution in [3.05, 3.63) is 17.7 Å². The van der Waals surface area contributed by atoms with Crippen LogP contribution >= 0.6 is 0 Å². The Morgan fingerprint density at radius 1 is 1.44 bits per heavy atom. The van der Waals surface area contributed by atoms with Crippen molar-refractivity contribution in [2.24, 2.45) is 0 Å². The minimum Gasteiger partial charge on any atom is -0.479 e. The second kappa shape index (κ2) is 3.38. The van der Waals surface area contributed by atoms with E-state index in [2.05, 4.69) is 9.97 Å². The molecule has 0 radical (unpaired) electrons. The number of nitrogen functional groups attached to an aromatic ring is 2. The molecule has 1 atom stereocenters. The number of nitrogens with zero attached hydrogens (tertiary/aromatic N) is 1. The molecule has 1 unspecified atom stereocenters. The first-order chi connectivity index (χ1) is 7.49. The van der Waals surface area contributed by atoms with Crippen LogP contribution in [-0.2, 0) is 4.79 Å². The summed E-state index contributed by atoms with van der Waals surface area (Å²) in [5.74, 6) is -1.23. The molecule has 84 valence electrons. The van der Waals surface area contributed by atoms with Gasteiger partial charge in [0.1, 0.15) is 0 Å². The summed E-state index contributed by atoms with van der Waals surface area (Å²) in [4.78, 5) is 17.3. The topological polar surface area (TPSA) is 138 Å². The normalized spacial score (nSPS) is 12.8. The minimum absolute atomic E-state index is 0.121. The molecule has 0 saturated carbocycles. The van der Waals surface area contributed by atoms with E-state index in [4.69, 9.17) is 16.6 Å². The number of rotatable bonds is 2. The third-order valence-electron chi connectivity index (χ3n) is 2.19. The molecule has 1 aromatic heterocycles. The number of aliphatic hydroxyl groups excluding tert-OH is 1. The van der Waals surface area contributed by atoms with Gasteiger partial charge in [0, 0.05) is 11.3 Å². The number of nitrogens with one attached hydrogen (secondary N) is 1. The van der Waals surface area contributed by atoms with Crippen LogP contribution in [0.25, 0.3) is 11.0 Å². The number of fused-ring (bicyclic) bond motifs is 1. The number of H-pyrrole nitrogens is 1. The molecule has 2 aromatic rings. The van der Waals surface area contributed by atoms with E-state index in [1.165, 1.54) is 6.07 Å². The van der Waals surface area contributed by atoms with E-state index >= 15 is 0 Å². The number of carboxylic acids is 1. The van der Waals surface area contributed by atoms with Crippen LogP contribution in [-0.4, -0.2) is 26.2 Å². The standard InChI is InChI=1S/C9H10N4O3/c10-3-1-4(7(14)8(15)16)6-5(2-3)12-9(11)13-6/h1-2,7,14H,10H2,(H,15,16)(H3,11,12,13). The number of benzene rings is 1. The number of carbonyl (C=O) groups is 1. The number of anilines is 2. The van der Waals surface area contributed by atoms with Crippen molar-refractivity contribution >= 4 is 28.6 Å². The lowest BCUT2D eigenvalue weighted by Gasteiger charge is -2.07. The largest absolute Gasteiger partial charge is 0.479 e. The summed E-state index contributed by atoms with van der Waals surface area (Å²) in [5, 5.41) is 18.2. The molecule has 1 heterocycles. The maximum Gasteiger partial charge on any atom is 0.337 e. The summed E-state index contributed by atoms with van der Waals surface area (Å²) in [7, 11) is 0. The van der Waals surface area contributed by atoms with Crippen molar-refractivity contribution in [3.63, 3.8) is 0 Å². The highest BCUT2D eigenvalue weighted by Gasteiger charge is 2.21. The lowest BCUT2D eigenvalue weighted by Crippen LogP contribution is -2.11. The highest BCUT2D eigenvalue weighted by Crippen LogP contribution is 2.26. The van der Waals surface area contributed by atoms with E-state index < -0.39 is 12.1 Å². The maximum absolute atomic E-state index is 10.7. The molecular formula is C9H10N4O3. The van der Waals surface area contributed by atoms with Crippen molar-refractivity contribution in [1.82, 2.24) is 9.97 Å². The van der Waals surface area contributed by atoms with E-state index in [0.717, 1.165) is 0 Å². The van der Waals surface area contributed by atoms with Gasteiger partial charge in [0.15, 0.2) is 12.1 Å². The highest BCUT2D eigenvalue weighted by molar-refractivity contribution is 5.88. The molecule has 7 nitrogen and oxygen atoms in total. The molecular weight excluding hydrogens is 212 g/mol. The first-order valence-corrected chi connectivity index (χ1v) is 4.44. The lowest BCUT2D eigenvalue weighted by atomic mass is 10.1. The SMILES string of the molecule is Nc1cc(C(O)C(=O)O)c2nc(N)[nH]c2c1. The number of nitrogens with two attached hydrogens (primary N) is 2. The van der Waals surface area contributed by atoms with Crippen LogP contribution in [0.1, 0.15) is 11.7 Å². The van der Waals surface area contributed by atoms with Gasteiger partial charge in [0.05, 0.1) is 11.0 Å². The second-order valence-electron chi connectivity index (χ2n) is 3.37. The minimum atomic E-state index is -1.67. The average molecular weight is 222 g/mol. The zero-order valence-electron chi connectivity index (χ0n) is 8.14. The summed E-state index contributed by atoms with van der Waals surface area (Å²) < 4.78 is 0. The molecule has 0 bridgehead atoms. The Morgan fingerprint density at radius 3 is 2.75 bits per heavy atom. The van der Waals surface area contributed by atoms with Gasteiger partial charge >= 0.3 is 5.97 Å². The van der Waals surface area contributed by atoms with E-state index in [1.807, 2.05) is 0 Å². The molecule has 0 saturated heterocycles. The number of aliphatic carboxylic acids is 1. The maximum atomic E-state index is 10.7. The van der Waals surface area contributed by atoms with Crippen molar-refractivity contribution in [3.8, 4) is 0 Å². The molecule has 0 aliphatic carbocycles. The van der Waals surface area contributed by atoms with Gasteiger partial charge in [0.25, 0.3) is 0 Å². The molecule has 7 heteroatoms. The highest BCUT2D eigenvalue weighted by atomic mass is 16.4. The van der Waals surface area contributed by atoms with Crippen LogP contribution in [0.15, 0.2) is 12.1 Å². The fraction of sp³-hybridized carbons (Fsp3) is 0.111. The predicted molar refractivity (Wildman–Crippen MR) is 57.5 cm³/mol. The van der Waals surface area contributed by atoms with Gasteiger partial charge in [-0.3, -0.25) is 0 Å². The number of carboxylic acid groups (broad SMARTS) is 1. The van der Waals surface area contributed by atoms with Gasteiger partial charge in [0.2, 0.25) is 0 Å². The van der Waals surface area contributed by atoms with Gasteiger partial charge in [-0.25, -0.2) is 9.78 Å². The molecule has 0 aliphatic rings. The van der Waals surface area contributed by atoms with Gasteiger partial charge in [-0.2, -0.15) is 0 Å². The number of hydrogen-bond donors (Lipinski definition) is 5. The molecule has 0 amide bonds. The van der Waals surface area contributed by atoms with Gasteiger partial charge in [-0.15, -0.1) is 0 Å². The number of aromatic amines is 1. The van der Waals surface area contributed by atoms with Crippen LogP contribution in [0.4, 0.5) is 11.6 Å². The first-order valence-electron chi connectivity index (χ1n) is 4.44. The summed E-state index contributed by atoms with van der Waals surface area (Å²) in [6.07, 6.45) is -1.67. The molecule has 16 heavy (non-hydrogen) atoms. The fourth-order valence-corrected chi connectivity index (χ4v) is 1.53. The van der Waals surface area contributed by atoms with Crippen LogP contribution in [0.5, 0.6) is 0 Å². The van der Waals surface area contributed by atoms with Crippen LogP contribution in [0.2, 0.25) is 0 Å². The van der Waals surface area contributed by atoms with Gasteiger partial charge in [-0.05, 0) is 12.1 Å². The van der Waals surface area contributed by atoms with Crippen molar-refractivity contribution in [2.45, 2.75) is 6.10 Å². The van der Waals surface area contributed by atoms with E-state index in [-0.39, 0.29) is 11.5 Å². The van der Waals surface area contributed by atoms with Gasteiger partial charge < -0.3 is 26.7 Å². The van der Waals surface area contributed by atoms with Crippen molar-refractivity contribution in [2.75, 3.05) is 11.5 Å². The number of hydrogen-bond acceptors (Lipinski definition) is 5. The zero-order valence-corrected chi connectivity index (χ0v) is 8.14. The van der Waals surface area contributed by atoms with E-state index in [0.29, 0.717) is 16.7 Å². The molecule has 1 aromatic carbocycles.